The van der Waals surface area contributed by atoms with Crippen LogP contribution in [0.1, 0.15) is 6.42 Å². The molecule has 0 aromatic carbocycles. The van der Waals surface area contributed by atoms with E-state index in [1.165, 1.54) is 12.1 Å². The third kappa shape index (κ3) is 1.26. The predicted molar refractivity (Wildman–Crippen MR) is 62.1 cm³/mol. The van der Waals surface area contributed by atoms with Gasteiger partial charge >= 0.3 is 0 Å². The molecule has 82 valence electrons. The fourth-order valence-electron chi connectivity index (χ4n) is 2.18. The largest absolute Gasteiger partial charge is 0.504 e. The van der Waals surface area contributed by atoms with Crippen LogP contribution in [-0.2, 0) is 6.54 Å². The molecule has 0 radical (unpaired) electrons. The van der Waals surface area contributed by atoms with Crippen LogP contribution in [-0.4, -0.2) is 16.2 Å². The van der Waals surface area contributed by atoms with Crippen molar-refractivity contribution >= 4 is 5.82 Å². The molecular formula is C12H12N2O2. The van der Waals surface area contributed by atoms with E-state index in [-0.39, 0.29) is 11.2 Å². The van der Waals surface area contributed by atoms with Gasteiger partial charge in [0, 0.05) is 24.7 Å². The number of benzene rings is 1. The first-order chi connectivity index (χ1) is 7.75. The van der Waals surface area contributed by atoms with E-state index < -0.39 is 0 Å². The molecule has 2 heterocycles. The maximum atomic E-state index is 11.4. The number of aromatic hydroxyl groups is 1. The van der Waals surface area contributed by atoms with Crippen LogP contribution in [0.3, 0.4) is 0 Å². The van der Waals surface area contributed by atoms with Gasteiger partial charge in [0.15, 0.2) is 5.75 Å². The molecule has 0 bridgehead atoms. The average Bonchev–Trinajstić information content (AvgIpc) is 2.31. The van der Waals surface area contributed by atoms with Crippen molar-refractivity contribution in [2.45, 2.75) is 13.0 Å². The van der Waals surface area contributed by atoms with Crippen LogP contribution >= 0.6 is 0 Å². The zero-order valence-corrected chi connectivity index (χ0v) is 8.73. The van der Waals surface area contributed by atoms with Crippen molar-refractivity contribution in [1.82, 2.24) is 4.57 Å². The molecule has 0 aromatic heterocycles. The molecule has 1 aliphatic carbocycles. The second-order valence-corrected chi connectivity index (χ2v) is 4.03. The highest BCUT2D eigenvalue weighted by Crippen LogP contribution is 2.28. The van der Waals surface area contributed by atoms with E-state index in [0.717, 1.165) is 36.6 Å². The van der Waals surface area contributed by atoms with Crippen molar-refractivity contribution in [3.63, 3.8) is 0 Å². The third-order valence-electron chi connectivity index (χ3n) is 2.98. The van der Waals surface area contributed by atoms with Crippen LogP contribution in [0.4, 0.5) is 5.82 Å². The number of aromatic nitrogens is 1. The monoisotopic (exact) mass is 216 g/mol. The molecule has 3 rings (SSSR count). The number of fused-ring (bicyclic) bond motifs is 3. The lowest BCUT2D eigenvalue weighted by Gasteiger charge is -2.25. The van der Waals surface area contributed by atoms with Crippen molar-refractivity contribution in [2.24, 2.45) is 0 Å². The van der Waals surface area contributed by atoms with Crippen LogP contribution in [0, 0.1) is 0 Å². The molecule has 4 nitrogen and oxygen atoms in total. The average molecular weight is 216 g/mol. The van der Waals surface area contributed by atoms with Crippen LogP contribution in [0.5, 0.6) is 5.75 Å². The Kier molecular flexibility index (Phi) is 1.89. The Hall–Kier alpha value is -1.97. The van der Waals surface area contributed by atoms with E-state index in [1.807, 2.05) is 12.1 Å². The number of phenolic OH excluding ortho intramolecular Hbond substituents is 1. The maximum absolute atomic E-state index is 11.4. The van der Waals surface area contributed by atoms with Gasteiger partial charge < -0.3 is 15.0 Å². The number of nitrogens with one attached hydrogen (secondary N) is 1. The van der Waals surface area contributed by atoms with Crippen molar-refractivity contribution in [2.75, 3.05) is 11.9 Å². The fraction of sp³-hybridized carbons (Fsp3) is 0.250. The number of phenols is 1. The Bertz CT molecular complexity index is 574. The summed E-state index contributed by atoms with van der Waals surface area (Å²) in [6.45, 7) is 1.87. The number of hydrogen-bond donors (Lipinski definition) is 2. The minimum Gasteiger partial charge on any atom is -0.504 e. The molecule has 0 saturated heterocycles. The summed E-state index contributed by atoms with van der Waals surface area (Å²) in [5.74, 6) is 0.848. The molecule has 0 unspecified atom stereocenters. The lowest BCUT2D eigenvalue weighted by atomic mass is 10.1. The third-order valence-corrected chi connectivity index (χ3v) is 2.98. The first-order valence-corrected chi connectivity index (χ1v) is 5.36. The van der Waals surface area contributed by atoms with E-state index in [2.05, 4.69) is 9.88 Å². The van der Waals surface area contributed by atoms with Crippen LogP contribution in [0.15, 0.2) is 29.1 Å². The van der Waals surface area contributed by atoms with Gasteiger partial charge in [-0.1, -0.05) is 0 Å². The quantitative estimate of drug-likeness (QED) is 0.701. The van der Waals surface area contributed by atoms with E-state index in [4.69, 9.17) is 0 Å². The first kappa shape index (κ1) is 9.27. The van der Waals surface area contributed by atoms with Gasteiger partial charge in [-0.15, -0.1) is 0 Å². The van der Waals surface area contributed by atoms with Crippen LogP contribution in [0.25, 0.3) is 11.3 Å². The zero-order chi connectivity index (χ0) is 11.1. The molecule has 2 aliphatic heterocycles. The lowest BCUT2D eigenvalue weighted by molar-refractivity contribution is 0.470. The molecule has 16 heavy (non-hydrogen) atoms. The first-order valence-electron chi connectivity index (χ1n) is 5.36. The standard InChI is InChI=1S/C12H12N2O2/c15-10-6-8-2-3-12-13-4-1-5-14(12)9(8)7-11(10)16/h2-3,6-7,13,15H,1,4-5H2. The molecule has 0 amide bonds. The van der Waals surface area contributed by atoms with Crippen molar-refractivity contribution in [1.29, 1.82) is 0 Å². The fourth-order valence-corrected chi connectivity index (χ4v) is 2.18. The molecule has 3 aliphatic rings. The Morgan fingerprint density at radius 2 is 2.19 bits per heavy atom. The van der Waals surface area contributed by atoms with E-state index in [1.54, 1.807) is 0 Å². The molecule has 0 atom stereocenters. The summed E-state index contributed by atoms with van der Waals surface area (Å²) in [6.07, 6.45) is 1.05. The molecule has 0 fully saturated rings. The molecular weight excluding hydrogens is 204 g/mol. The zero-order valence-electron chi connectivity index (χ0n) is 8.73. The van der Waals surface area contributed by atoms with Gasteiger partial charge in [-0.3, -0.25) is 4.79 Å². The number of hydrogen-bond acceptors (Lipinski definition) is 3. The summed E-state index contributed by atoms with van der Waals surface area (Å²) in [5, 5.41) is 12.7. The molecule has 2 N–H and O–H groups in total. The van der Waals surface area contributed by atoms with Crippen LogP contribution in [0.2, 0.25) is 0 Å². The summed E-state index contributed by atoms with van der Waals surface area (Å²) in [6, 6.07) is 6.92. The lowest BCUT2D eigenvalue weighted by Crippen LogP contribution is -2.21. The molecule has 0 aromatic rings. The number of pyridine rings is 1. The molecule has 0 spiro atoms. The van der Waals surface area contributed by atoms with Gasteiger partial charge in [-0.2, -0.15) is 0 Å². The van der Waals surface area contributed by atoms with Crippen molar-refractivity contribution in [3.05, 3.63) is 34.5 Å². The Morgan fingerprint density at radius 1 is 1.31 bits per heavy atom. The SMILES string of the molecule is O=c1cc2n3c(ccc-2cc1O)NCCC3. The smallest absolute Gasteiger partial charge is 0.222 e. The molecule has 4 heteroatoms. The van der Waals surface area contributed by atoms with E-state index in [9.17, 15) is 9.90 Å². The van der Waals surface area contributed by atoms with Gasteiger partial charge in [-0.05, 0) is 24.6 Å². The van der Waals surface area contributed by atoms with Gasteiger partial charge in [0.2, 0.25) is 5.43 Å². The Morgan fingerprint density at radius 3 is 3.06 bits per heavy atom. The number of anilines is 1. The molecule has 0 saturated carbocycles. The van der Waals surface area contributed by atoms with Gasteiger partial charge in [0.05, 0.1) is 5.69 Å². The Labute approximate surface area is 92.5 Å². The minimum absolute atomic E-state index is 0.184. The highest BCUT2D eigenvalue weighted by atomic mass is 16.3. The summed E-state index contributed by atoms with van der Waals surface area (Å²) in [5.41, 5.74) is 1.45. The predicted octanol–water partition coefficient (Wildman–Crippen LogP) is 1.47. The summed E-state index contributed by atoms with van der Waals surface area (Å²) >= 11 is 0. The van der Waals surface area contributed by atoms with Gasteiger partial charge in [-0.25, -0.2) is 0 Å². The summed E-state index contributed by atoms with van der Waals surface area (Å²) < 4.78 is 2.08. The number of nitrogens with zero attached hydrogens (tertiary/aromatic N) is 1. The minimum atomic E-state index is -0.320. The van der Waals surface area contributed by atoms with Gasteiger partial charge in [0.25, 0.3) is 0 Å². The normalized spacial score (nSPS) is 14.5. The van der Waals surface area contributed by atoms with E-state index in [0.29, 0.717) is 0 Å². The second kappa shape index (κ2) is 3.27. The van der Waals surface area contributed by atoms with Crippen LogP contribution < -0.4 is 10.7 Å². The summed E-state index contributed by atoms with van der Waals surface area (Å²) in [7, 11) is 0. The Balaban J connectivity index is 2.34. The highest BCUT2D eigenvalue weighted by Gasteiger charge is 2.15. The van der Waals surface area contributed by atoms with Crippen molar-refractivity contribution < 1.29 is 5.11 Å². The summed E-state index contributed by atoms with van der Waals surface area (Å²) in [4.78, 5) is 11.4. The van der Waals surface area contributed by atoms with Gasteiger partial charge in [0.1, 0.15) is 5.82 Å². The van der Waals surface area contributed by atoms with Crippen molar-refractivity contribution in [3.8, 4) is 17.0 Å². The maximum Gasteiger partial charge on any atom is 0.222 e. The second-order valence-electron chi connectivity index (χ2n) is 4.03. The topological polar surface area (TPSA) is 54.3 Å². The number of rotatable bonds is 0. The van der Waals surface area contributed by atoms with E-state index >= 15 is 0 Å². The highest BCUT2D eigenvalue weighted by molar-refractivity contribution is 5.67.